The fourth-order valence-electron chi connectivity index (χ4n) is 1.76. The molecule has 1 aliphatic rings. The van der Waals surface area contributed by atoms with Crippen molar-refractivity contribution >= 4 is 0 Å². The largest absolute Gasteiger partial charge is 0.367 e. The molecule has 0 radical (unpaired) electrons. The fourth-order valence-corrected chi connectivity index (χ4v) is 1.76. The number of aromatic amines is 1. The molecule has 0 aromatic carbocycles. The average molecular weight is 160 g/mol. The van der Waals surface area contributed by atoms with Gasteiger partial charge in [-0.25, -0.2) is 0 Å². The molecule has 1 aromatic rings. The van der Waals surface area contributed by atoms with Crippen LogP contribution in [-0.2, 0) is 0 Å². The third-order valence-corrected chi connectivity index (χ3v) is 2.74. The minimum atomic E-state index is 0.130. The summed E-state index contributed by atoms with van der Waals surface area (Å²) in [6.45, 7) is 0. The van der Waals surface area contributed by atoms with Gasteiger partial charge in [0.2, 0.25) is 0 Å². The zero-order valence-electron chi connectivity index (χ0n) is 6.96. The lowest BCUT2D eigenvalue weighted by Crippen LogP contribution is -2.18. The summed E-state index contributed by atoms with van der Waals surface area (Å²) in [6, 6.07) is 4.39. The quantitative estimate of drug-likeness (QED) is 0.709. The Hall–Kier alpha value is -1.23. The van der Waals surface area contributed by atoms with Crippen molar-refractivity contribution in [3.05, 3.63) is 24.0 Å². The van der Waals surface area contributed by atoms with Crippen molar-refractivity contribution in [3.8, 4) is 6.07 Å². The van der Waals surface area contributed by atoms with Gasteiger partial charge in [-0.15, -0.1) is 0 Å². The minimum absolute atomic E-state index is 0.130. The second-order valence-corrected chi connectivity index (χ2v) is 3.44. The maximum atomic E-state index is 8.97. The predicted molar refractivity (Wildman–Crippen MR) is 46.5 cm³/mol. The van der Waals surface area contributed by atoms with Gasteiger partial charge in [0.05, 0.1) is 12.0 Å². The molecule has 0 spiro atoms. The lowest BCUT2D eigenvalue weighted by atomic mass is 9.74. The Morgan fingerprint density at radius 3 is 2.83 bits per heavy atom. The van der Waals surface area contributed by atoms with Crippen LogP contribution in [0.1, 0.15) is 30.7 Å². The van der Waals surface area contributed by atoms with Crippen molar-refractivity contribution in [2.24, 2.45) is 5.92 Å². The van der Waals surface area contributed by atoms with E-state index in [1.54, 1.807) is 0 Å². The van der Waals surface area contributed by atoms with Crippen LogP contribution >= 0.6 is 0 Å². The summed E-state index contributed by atoms with van der Waals surface area (Å²) < 4.78 is 0. The van der Waals surface area contributed by atoms with Crippen LogP contribution in [-0.4, -0.2) is 4.98 Å². The van der Waals surface area contributed by atoms with E-state index in [0.717, 1.165) is 5.56 Å². The molecule has 1 fully saturated rings. The molecular formula is C10H12N2. The minimum Gasteiger partial charge on any atom is -0.367 e. The topological polar surface area (TPSA) is 39.6 Å². The van der Waals surface area contributed by atoms with Crippen LogP contribution in [0.25, 0.3) is 0 Å². The van der Waals surface area contributed by atoms with E-state index in [-0.39, 0.29) is 5.92 Å². The highest BCUT2D eigenvalue weighted by atomic mass is 14.6. The van der Waals surface area contributed by atoms with Crippen LogP contribution in [0.5, 0.6) is 0 Å². The molecule has 0 amide bonds. The SMILES string of the molecule is N#CC(c1cc[nH]c1)C1CCC1. The molecule has 2 rings (SSSR count). The van der Waals surface area contributed by atoms with Gasteiger partial charge in [-0.1, -0.05) is 6.42 Å². The summed E-state index contributed by atoms with van der Waals surface area (Å²) in [5, 5.41) is 8.97. The van der Waals surface area contributed by atoms with Gasteiger partial charge in [0, 0.05) is 12.4 Å². The number of aromatic nitrogens is 1. The number of H-pyrrole nitrogens is 1. The first kappa shape index (κ1) is 7.42. The Kier molecular flexibility index (Phi) is 1.87. The van der Waals surface area contributed by atoms with Crippen molar-refractivity contribution in [1.29, 1.82) is 5.26 Å². The van der Waals surface area contributed by atoms with Crippen LogP contribution in [0, 0.1) is 17.2 Å². The number of hydrogen-bond acceptors (Lipinski definition) is 1. The zero-order chi connectivity index (χ0) is 8.39. The molecule has 12 heavy (non-hydrogen) atoms. The summed E-state index contributed by atoms with van der Waals surface area (Å²) in [6.07, 6.45) is 7.57. The molecule has 1 N–H and O–H groups in total. The zero-order valence-corrected chi connectivity index (χ0v) is 6.96. The van der Waals surface area contributed by atoms with E-state index in [2.05, 4.69) is 11.1 Å². The molecule has 0 aliphatic heterocycles. The van der Waals surface area contributed by atoms with E-state index in [9.17, 15) is 0 Å². The molecule has 1 aromatic heterocycles. The number of nitrogens with one attached hydrogen (secondary N) is 1. The highest BCUT2D eigenvalue weighted by molar-refractivity contribution is 5.23. The van der Waals surface area contributed by atoms with Crippen molar-refractivity contribution < 1.29 is 0 Å². The number of hydrogen-bond donors (Lipinski definition) is 1. The normalized spacial score (nSPS) is 19.6. The third-order valence-electron chi connectivity index (χ3n) is 2.74. The summed E-state index contributed by atoms with van der Waals surface area (Å²) in [4.78, 5) is 3.00. The second kappa shape index (κ2) is 3.02. The summed E-state index contributed by atoms with van der Waals surface area (Å²) in [5.41, 5.74) is 1.15. The fraction of sp³-hybridized carbons (Fsp3) is 0.500. The number of rotatable bonds is 2. The van der Waals surface area contributed by atoms with E-state index in [0.29, 0.717) is 5.92 Å². The lowest BCUT2D eigenvalue weighted by molar-refractivity contribution is 0.292. The molecule has 1 aliphatic carbocycles. The molecule has 1 heterocycles. The van der Waals surface area contributed by atoms with Gasteiger partial charge in [-0.2, -0.15) is 5.26 Å². The summed E-state index contributed by atoms with van der Waals surface area (Å²) >= 11 is 0. The van der Waals surface area contributed by atoms with Gasteiger partial charge < -0.3 is 4.98 Å². The first-order valence-corrected chi connectivity index (χ1v) is 4.44. The molecule has 1 atom stereocenters. The van der Waals surface area contributed by atoms with Crippen molar-refractivity contribution in [3.63, 3.8) is 0 Å². The van der Waals surface area contributed by atoms with Crippen LogP contribution < -0.4 is 0 Å². The van der Waals surface area contributed by atoms with Gasteiger partial charge in [-0.05, 0) is 30.4 Å². The Morgan fingerprint density at radius 1 is 1.58 bits per heavy atom. The van der Waals surface area contributed by atoms with E-state index in [1.165, 1.54) is 19.3 Å². The van der Waals surface area contributed by atoms with Crippen molar-refractivity contribution in [2.45, 2.75) is 25.2 Å². The molecule has 2 nitrogen and oxygen atoms in total. The average Bonchev–Trinajstić information content (AvgIpc) is 2.47. The van der Waals surface area contributed by atoms with E-state index < -0.39 is 0 Å². The van der Waals surface area contributed by atoms with Gasteiger partial charge >= 0.3 is 0 Å². The molecule has 62 valence electrons. The maximum Gasteiger partial charge on any atom is 0.0755 e. The highest BCUT2D eigenvalue weighted by Crippen LogP contribution is 2.38. The van der Waals surface area contributed by atoms with Crippen LogP contribution in [0.2, 0.25) is 0 Å². The van der Waals surface area contributed by atoms with Crippen LogP contribution in [0.3, 0.4) is 0 Å². The van der Waals surface area contributed by atoms with Crippen molar-refractivity contribution in [1.82, 2.24) is 4.98 Å². The van der Waals surface area contributed by atoms with Gasteiger partial charge in [-0.3, -0.25) is 0 Å². The van der Waals surface area contributed by atoms with E-state index in [4.69, 9.17) is 5.26 Å². The third kappa shape index (κ3) is 1.12. The Morgan fingerprint density at radius 2 is 2.42 bits per heavy atom. The van der Waals surface area contributed by atoms with Gasteiger partial charge in [0.1, 0.15) is 0 Å². The first-order chi connectivity index (χ1) is 5.92. The smallest absolute Gasteiger partial charge is 0.0755 e. The summed E-state index contributed by atoms with van der Waals surface area (Å²) in [7, 11) is 0. The second-order valence-electron chi connectivity index (χ2n) is 3.44. The lowest BCUT2D eigenvalue weighted by Gasteiger charge is -2.29. The molecule has 0 saturated heterocycles. The Labute approximate surface area is 72.2 Å². The highest BCUT2D eigenvalue weighted by Gasteiger charge is 2.28. The monoisotopic (exact) mass is 160 g/mol. The molecule has 0 bridgehead atoms. The first-order valence-electron chi connectivity index (χ1n) is 4.44. The maximum absolute atomic E-state index is 8.97. The Balaban J connectivity index is 2.14. The van der Waals surface area contributed by atoms with Crippen LogP contribution in [0.4, 0.5) is 0 Å². The molecule has 1 unspecified atom stereocenters. The van der Waals surface area contributed by atoms with E-state index in [1.807, 2.05) is 18.5 Å². The number of nitriles is 1. The predicted octanol–water partition coefficient (Wildman–Crippen LogP) is 2.42. The van der Waals surface area contributed by atoms with Gasteiger partial charge in [0.25, 0.3) is 0 Å². The number of nitrogens with zero attached hydrogens (tertiary/aromatic N) is 1. The molecular weight excluding hydrogens is 148 g/mol. The van der Waals surface area contributed by atoms with Gasteiger partial charge in [0.15, 0.2) is 0 Å². The van der Waals surface area contributed by atoms with Crippen molar-refractivity contribution in [2.75, 3.05) is 0 Å². The molecule has 2 heteroatoms. The van der Waals surface area contributed by atoms with Crippen LogP contribution in [0.15, 0.2) is 18.5 Å². The van der Waals surface area contributed by atoms with E-state index >= 15 is 0 Å². The standard InChI is InChI=1S/C10H12N2/c11-6-10(8-2-1-3-8)9-4-5-12-7-9/h4-5,7-8,10,12H,1-3H2. The Bertz CT molecular complexity index is 277. The molecule has 1 saturated carbocycles. The summed E-state index contributed by atoms with van der Waals surface area (Å²) in [5.74, 6) is 0.746.